The normalized spacial score (nSPS) is 12.6. The largest absolute Gasteiger partial charge is 0.359 e. The number of H-pyrrole nitrogens is 1. The molecule has 6 aromatic rings. The summed E-state index contributed by atoms with van der Waals surface area (Å²) in [7, 11) is 0. The minimum absolute atomic E-state index is 1.03. The lowest BCUT2D eigenvalue weighted by Gasteiger charge is -2.24. The Hall–Kier alpha value is -5.14. The minimum atomic E-state index is 1.03. The van der Waals surface area contributed by atoms with Gasteiger partial charge in [0.05, 0.1) is 0 Å². The maximum absolute atomic E-state index is 4.04. The molecule has 208 valence electrons. The third-order valence-corrected chi connectivity index (χ3v) is 8.66. The van der Waals surface area contributed by atoms with Crippen molar-refractivity contribution >= 4 is 29.0 Å². The summed E-state index contributed by atoms with van der Waals surface area (Å²) in [6, 6.07) is 38.0. The highest BCUT2D eigenvalue weighted by molar-refractivity contribution is 6.10. The standard InChI is InChI=1S/C42H35N/c1-4-11-32-26-35(24-19-29(32)5-2)42-38-16-8-6-14-36(38)41(37-15-7-9-17-39(37)42)34-13-10-12-33(27-34)30-20-22-31(23-21-30)40-25-18-28(3)43-40/h4-6,8-14,16-27,43H,2,7,15H2,1,3H3/b11-4-. The number of benzene rings is 5. The van der Waals surface area contributed by atoms with Crippen LogP contribution in [0.15, 0.2) is 122 Å². The molecule has 0 bridgehead atoms. The highest BCUT2D eigenvalue weighted by Crippen LogP contribution is 2.45. The number of aromatic nitrogens is 1. The second-order valence-electron chi connectivity index (χ2n) is 11.4. The molecule has 1 heteroatoms. The first-order chi connectivity index (χ1) is 21.1. The fraction of sp³-hybridized carbons (Fsp3) is 0.0952. The topological polar surface area (TPSA) is 15.8 Å². The molecule has 1 aliphatic carbocycles. The molecule has 0 atom stereocenters. The Morgan fingerprint density at radius 1 is 0.674 bits per heavy atom. The maximum atomic E-state index is 4.04. The molecule has 5 aromatic carbocycles. The molecule has 43 heavy (non-hydrogen) atoms. The van der Waals surface area contributed by atoms with Crippen molar-refractivity contribution in [2.24, 2.45) is 0 Å². The summed E-state index contributed by atoms with van der Waals surface area (Å²) in [5, 5.41) is 2.60. The molecule has 0 saturated carbocycles. The zero-order valence-corrected chi connectivity index (χ0v) is 24.8. The quantitative estimate of drug-likeness (QED) is 0.211. The van der Waals surface area contributed by atoms with Gasteiger partial charge in [0.15, 0.2) is 0 Å². The second kappa shape index (κ2) is 11.3. The molecule has 7 rings (SSSR count). The molecule has 1 aliphatic rings. The van der Waals surface area contributed by atoms with Crippen molar-refractivity contribution in [1.82, 2.24) is 4.98 Å². The average molecular weight is 554 g/mol. The van der Waals surface area contributed by atoms with Gasteiger partial charge in [-0.1, -0.05) is 116 Å². The fourth-order valence-electron chi connectivity index (χ4n) is 6.63. The number of aromatic amines is 1. The summed E-state index contributed by atoms with van der Waals surface area (Å²) in [5.74, 6) is 0. The van der Waals surface area contributed by atoms with Gasteiger partial charge in [0.1, 0.15) is 0 Å². The molecule has 1 aromatic heterocycles. The second-order valence-corrected chi connectivity index (χ2v) is 11.4. The van der Waals surface area contributed by atoms with Gasteiger partial charge in [-0.25, -0.2) is 0 Å². The molecule has 0 unspecified atom stereocenters. The minimum Gasteiger partial charge on any atom is -0.359 e. The number of allylic oxidation sites excluding steroid dienone is 2. The van der Waals surface area contributed by atoms with Crippen LogP contribution in [0.2, 0.25) is 0 Å². The van der Waals surface area contributed by atoms with Crippen LogP contribution in [0.25, 0.3) is 73.6 Å². The van der Waals surface area contributed by atoms with Gasteiger partial charge in [0.25, 0.3) is 0 Å². The number of hydrogen-bond acceptors (Lipinski definition) is 0. The number of aryl methyl sites for hydroxylation is 1. The molecule has 0 amide bonds. The van der Waals surface area contributed by atoms with Crippen molar-refractivity contribution in [3.8, 4) is 44.6 Å². The number of hydrogen-bond donors (Lipinski definition) is 1. The van der Waals surface area contributed by atoms with Gasteiger partial charge < -0.3 is 4.98 Å². The van der Waals surface area contributed by atoms with E-state index >= 15 is 0 Å². The summed E-state index contributed by atoms with van der Waals surface area (Å²) >= 11 is 0. The van der Waals surface area contributed by atoms with Crippen molar-refractivity contribution in [3.05, 3.63) is 150 Å². The number of fused-ring (bicyclic) bond motifs is 2. The van der Waals surface area contributed by atoms with Crippen LogP contribution in [0.5, 0.6) is 0 Å². The molecule has 0 fully saturated rings. The van der Waals surface area contributed by atoms with Crippen LogP contribution in [0.3, 0.4) is 0 Å². The van der Waals surface area contributed by atoms with E-state index in [9.17, 15) is 0 Å². The third-order valence-electron chi connectivity index (χ3n) is 8.66. The van der Waals surface area contributed by atoms with Gasteiger partial charge in [-0.05, 0) is 123 Å². The van der Waals surface area contributed by atoms with E-state index in [1.807, 2.05) is 6.08 Å². The molecule has 1 nitrogen and oxygen atoms in total. The summed E-state index contributed by atoms with van der Waals surface area (Å²) in [6.07, 6.45) is 13.0. The average Bonchev–Trinajstić information content (AvgIpc) is 3.50. The predicted molar refractivity (Wildman–Crippen MR) is 187 cm³/mol. The molecular formula is C42H35N. The van der Waals surface area contributed by atoms with Crippen molar-refractivity contribution in [3.63, 3.8) is 0 Å². The first-order valence-corrected chi connectivity index (χ1v) is 15.1. The monoisotopic (exact) mass is 553 g/mol. The van der Waals surface area contributed by atoms with E-state index in [1.165, 1.54) is 72.1 Å². The summed E-state index contributed by atoms with van der Waals surface area (Å²) in [6.45, 7) is 8.20. The highest BCUT2D eigenvalue weighted by atomic mass is 14.7. The summed E-state index contributed by atoms with van der Waals surface area (Å²) < 4.78 is 0. The lowest BCUT2D eigenvalue weighted by Crippen LogP contribution is -2.03. The molecule has 0 aliphatic heterocycles. The van der Waals surface area contributed by atoms with E-state index in [0.717, 1.165) is 24.1 Å². The van der Waals surface area contributed by atoms with E-state index in [-0.39, 0.29) is 0 Å². The van der Waals surface area contributed by atoms with E-state index in [0.29, 0.717) is 0 Å². The van der Waals surface area contributed by atoms with Crippen LogP contribution >= 0.6 is 0 Å². The smallest absolute Gasteiger partial charge is 0.0455 e. The first-order valence-electron chi connectivity index (χ1n) is 15.1. The summed E-state index contributed by atoms with van der Waals surface area (Å²) in [4.78, 5) is 3.45. The Labute approximate surface area is 254 Å². The maximum Gasteiger partial charge on any atom is 0.0455 e. The molecular weight excluding hydrogens is 518 g/mol. The first kappa shape index (κ1) is 26.7. The number of nitrogens with one attached hydrogen (secondary N) is 1. The fourth-order valence-corrected chi connectivity index (χ4v) is 6.63. The number of rotatable bonds is 6. The predicted octanol–water partition coefficient (Wildman–Crippen LogP) is 11.8. The van der Waals surface area contributed by atoms with Crippen molar-refractivity contribution in [1.29, 1.82) is 0 Å². The molecule has 1 N–H and O–H groups in total. The van der Waals surface area contributed by atoms with Crippen LogP contribution in [0.4, 0.5) is 0 Å². The van der Waals surface area contributed by atoms with E-state index < -0.39 is 0 Å². The van der Waals surface area contributed by atoms with Crippen LogP contribution in [0, 0.1) is 6.92 Å². The van der Waals surface area contributed by atoms with Gasteiger partial charge in [-0.15, -0.1) is 0 Å². The van der Waals surface area contributed by atoms with Crippen LogP contribution in [-0.2, 0) is 6.42 Å². The van der Waals surface area contributed by atoms with Crippen molar-refractivity contribution in [2.75, 3.05) is 0 Å². The Morgan fingerprint density at radius 2 is 1.40 bits per heavy atom. The molecule has 0 spiro atoms. The van der Waals surface area contributed by atoms with Gasteiger partial charge in [0.2, 0.25) is 0 Å². The molecule has 0 saturated heterocycles. The highest BCUT2D eigenvalue weighted by Gasteiger charge is 2.22. The van der Waals surface area contributed by atoms with Crippen LogP contribution < -0.4 is 0 Å². The third kappa shape index (κ3) is 4.87. The van der Waals surface area contributed by atoms with Gasteiger partial charge in [-0.2, -0.15) is 0 Å². The van der Waals surface area contributed by atoms with E-state index in [1.54, 1.807) is 0 Å². The lowest BCUT2D eigenvalue weighted by molar-refractivity contribution is 0.991. The zero-order valence-electron chi connectivity index (χ0n) is 24.8. The van der Waals surface area contributed by atoms with Gasteiger partial charge >= 0.3 is 0 Å². The summed E-state index contributed by atoms with van der Waals surface area (Å²) in [5.41, 5.74) is 16.3. The van der Waals surface area contributed by atoms with Gasteiger partial charge in [0, 0.05) is 11.4 Å². The zero-order chi connectivity index (χ0) is 29.3. The van der Waals surface area contributed by atoms with E-state index in [4.69, 9.17) is 0 Å². The Kier molecular flexibility index (Phi) is 7.01. The lowest BCUT2D eigenvalue weighted by atomic mass is 9.79. The Balaban J connectivity index is 1.40. The Morgan fingerprint density at radius 3 is 2.14 bits per heavy atom. The molecule has 0 radical (unpaired) electrons. The van der Waals surface area contributed by atoms with Crippen LogP contribution in [-0.4, -0.2) is 4.98 Å². The van der Waals surface area contributed by atoms with Crippen molar-refractivity contribution in [2.45, 2.75) is 26.7 Å². The van der Waals surface area contributed by atoms with E-state index in [2.05, 4.69) is 153 Å². The SMILES string of the molecule is C=Cc1ccc(-c2c3c(c(-c4cccc(-c5ccc(-c6ccc(C)[nH]6)cc5)c4)c4ccccc24)CCC=C3)cc1/C=C\C. The van der Waals surface area contributed by atoms with Crippen molar-refractivity contribution < 1.29 is 0 Å². The Bertz CT molecular complexity index is 2050. The van der Waals surface area contributed by atoms with Gasteiger partial charge in [-0.3, -0.25) is 0 Å². The molecule has 1 heterocycles. The van der Waals surface area contributed by atoms with Crippen LogP contribution in [0.1, 0.15) is 41.3 Å².